The second-order valence-corrected chi connectivity index (χ2v) is 17.0. The highest BCUT2D eigenvalue weighted by molar-refractivity contribution is 7.89. The monoisotopic (exact) mass is 776 g/mol. The van der Waals surface area contributed by atoms with Crippen LogP contribution in [0, 0.1) is 0 Å². The average Bonchev–Trinajstić information content (AvgIpc) is 3.52. The van der Waals surface area contributed by atoms with Gasteiger partial charge < -0.3 is 29.9 Å². The van der Waals surface area contributed by atoms with E-state index in [0.29, 0.717) is 68.2 Å². The van der Waals surface area contributed by atoms with E-state index < -0.39 is 51.5 Å². The van der Waals surface area contributed by atoms with E-state index in [1.54, 1.807) is 63.2 Å². The van der Waals surface area contributed by atoms with Crippen molar-refractivity contribution < 1.29 is 42.0 Å². The van der Waals surface area contributed by atoms with Crippen molar-refractivity contribution >= 4 is 40.8 Å². The molecule has 3 N–H and O–H groups in total. The van der Waals surface area contributed by atoms with E-state index in [1.807, 2.05) is 36.4 Å². The van der Waals surface area contributed by atoms with E-state index in [1.165, 1.54) is 4.31 Å². The number of hydrogen-bond acceptors (Lipinski definition) is 10. The van der Waals surface area contributed by atoms with E-state index >= 15 is 0 Å². The summed E-state index contributed by atoms with van der Waals surface area (Å²) in [6.45, 7) is 8.56. The fourth-order valence-corrected chi connectivity index (χ4v) is 8.36. The van der Waals surface area contributed by atoms with Gasteiger partial charge in [-0.2, -0.15) is 4.31 Å². The number of carbonyl (C=O) groups excluding carboxylic acids is 3. The summed E-state index contributed by atoms with van der Waals surface area (Å²) in [5, 5.41) is 15.4. The molecule has 2 heterocycles. The minimum absolute atomic E-state index is 0.0487. The van der Waals surface area contributed by atoms with Crippen molar-refractivity contribution in [3.05, 3.63) is 95.6 Å². The number of rotatable bonds is 17. The van der Waals surface area contributed by atoms with Gasteiger partial charge in [0.05, 0.1) is 19.0 Å². The number of hydrogen-bond donors (Lipinski definition) is 3. The molecule has 296 valence electrons. The summed E-state index contributed by atoms with van der Waals surface area (Å²) in [6.07, 6.45) is 0.701. The first-order valence-electron chi connectivity index (χ1n) is 18.9. The van der Waals surface area contributed by atoms with Crippen molar-refractivity contribution in [1.82, 2.24) is 19.8 Å². The number of esters is 1. The van der Waals surface area contributed by atoms with Gasteiger partial charge in [-0.3, -0.25) is 14.5 Å². The lowest BCUT2D eigenvalue weighted by atomic mass is 9.87. The van der Waals surface area contributed by atoms with Gasteiger partial charge in [0.15, 0.2) is 0 Å². The zero-order chi connectivity index (χ0) is 39.4. The van der Waals surface area contributed by atoms with Crippen LogP contribution in [0.2, 0.25) is 0 Å². The Morgan fingerprint density at radius 1 is 0.855 bits per heavy atom. The lowest BCUT2D eigenvalue weighted by molar-refractivity contribution is -0.158. The Balaban J connectivity index is 1.39. The Labute approximate surface area is 325 Å². The molecule has 3 atom stereocenters. The van der Waals surface area contributed by atoms with Gasteiger partial charge in [-0.05, 0) is 68.9 Å². The third-order valence-electron chi connectivity index (χ3n) is 9.46. The van der Waals surface area contributed by atoms with Gasteiger partial charge in [0.2, 0.25) is 21.8 Å². The summed E-state index contributed by atoms with van der Waals surface area (Å²) < 4.78 is 45.0. The molecule has 15 heteroatoms. The molecular formula is C40H53BN4O9S. The van der Waals surface area contributed by atoms with Crippen LogP contribution < -0.4 is 20.8 Å². The smallest absolute Gasteiger partial charge is 0.329 e. The maximum absolute atomic E-state index is 14.4. The summed E-state index contributed by atoms with van der Waals surface area (Å²) in [7, 11) is -3.93. The standard InChI is InChI=1S/C40H53BN4O9S/c1-40(2,3)54-39(48)35(26-30-12-7-14-32(24-30)41-49)43-37(46)34(16-18-44-19-21-52-22-20-44)42-38(47)36(45-17-9-23-55(45,50)51)27-31-13-8-15-33(25-31)53-28-29-10-5-4-6-11-29/h4-8,10-15,24-25,34-36,41,49H,9,16-23,26-28H2,1-3H3,(H,42,47)(H,43,46)/t34-,35-,36-/m0/s1. The molecule has 3 aromatic rings. The molecule has 0 aliphatic carbocycles. The van der Waals surface area contributed by atoms with Crippen LogP contribution in [0.25, 0.3) is 0 Å². The highest BCUT2D eigenvalue weighted by Gasteiger charge is 2.40. The van der Waals surface area contributed by atoms with Crippen LogP contribution in [0.1, 0.15) is 50.3 Å². The Bertz CT molecular complexity index is 1850. The summed E-state index contributed by atoms with van der Waals surface area (Å²) in [4.78, 5) is 44.3. The number of amides is 2. The summed E-state index contributed by atoms with van der Waals surface area (Å²) >= 11 is 0. The Kier molecular flexibility index (Phi) is 14.9. The van der Waals surface area contributed by atoms with Crippen molar-refractivity contribution in [3.8, 4) is 5.75 Å². The summed E-state index contributed by atoms with van der Waals surface area (Å²) in [5.74, 6) is -1.37. The second kappa shape index (κ2) is 19.5. The highest BCUT2D eigenvalue weighted by Crippen LogP contribution is 2.23. The number of ether oxygens (including phenoxy) is 3. The first-order valence-corrected chi connectivity index (χ1v) is 20.5. The van der Waals surface area contributed by atoms with Crippen molar-refractivity contribution in [2.24, 2.45) is 0 Å². The fraction of sp³-hybridized carbons (Fsp3) is 0.475. The maximum atomic E-state index is 14.4. The first kappa shape index (κ1) is 41.9. The molecule has 0 aromatic heterocycles. The molecule has 55 heavy (non-hydrogen) atoms. The number of carbonyl (C=O) groups is 3. The van der Waals surface area contributed by atoms with Crippen LogP contribution in [-0.2, 0) is 53.3 Å². The third-order valence-corrected chi connectivity index (χ3v) is 11.4. The Morgan fingerprint density at radius 2 is 1.53 bits per heavy atom. The quantitative estimate of drug-likeness (QED) is 0.135. The SMILES string of the molecule is CC(C)(C)OC(=O)[C@H](Cc1cccc(BO)c1)NC(=O)[C@H](CCN1CCOCC1)NC(=O)[C@H](Cc1cccc(OCc2ccccc2)c1)N1CCCS1(=O)=O. The zero-order valence-electron chi connectivity index (χ0n) is 31.9. The molecule has 5 rings (SSSR count). The van der Waals surface area contributed by atoms with Crippen LogP contribution >= 0.6 is 0 Å². The van der Waals surface area contributed by atoms with Crippen molar-refractivity contribution in [2.45, 2.75) is 76.8 Å². The van der Waals surface area contributed by atoms with Crippen LogP contribution in [0.4, 0.5) is 0 Å². The molecule has 0 radical (unpaired) electrons. The first-order chi connectivity index (χ1) is 26.3. The molecule has 0 saturated carbocycles. The minimum Gasteiger partial charge on any atom is -0.489 e. The topological polar surface area (TPSA) is 164 Å². The molecule has 2 saturated heterocycles. The zero-order valence-corrected chi connectivity index (χ0v) is 32.8. The van der Waals surface area contributed by atoms with Crippen LogP contribution in [0.15, 0.2) is 78.9 Å². The van der Waals surface area contributed by atoms with Crippen molar-refractivity contribution in [3.63, 3.8) is 0 Å². The minimum atomic E-state index is -3.74. The molecule has 2 aliphatic rings. The molecule has 0 spiro atoms. The maximum Gasteiger partial charge on any atom is 0.329 e. The second-order valence-electron chi connectivity index (χ2n) is 15.0. The Morgan fingerprint density at radius 3 is 2.20 bits per heavy atom. The molecular weight excluding hydrogens is 723 g/mol. The van der Waals surface area contributed by atoms with Crippen LogP contribution in [0.5, 0.6) is 5.75 Å². The number of sulfonamides is 1. The number of morpholine rings is 1. The van der Waals surface area contributed by atoms with E-state index in [2.05, 4.69) is 15.5 Å². The summed E-state index contributed by atoms with van der Waals surface area (Å²) in [6, 6.07) is 20.6. The van der Waals surface area contributed by atoms with Crippen molar-refractivity contribution in [2.75, 3.05) is 45.1 Å². The fourth-order valence-electron chi connectivity index (χ4n) is 6.66. The van der Waals surface area contributed by atoms with Gasteiger partial charge in [0, 0.05) is 32.6 Å². The number of nitrogens with one attached hydrogen (secondary N) is 2. The van der Waals surface area contributed by atoms with Crippen LogP contribution in [-0.4, -0.2) is 117 Å². The molecule has 2 aliphatic heterocycles. The molecule has 0 bridgehead atoms. The molecule has 3 aromatic carbocycles. The molecule has 2 amide bonds. The molecule has 0 unspecified atom stereocenters. The van der Waals surface area contributed by atoms with E-state index in [9.17, 15) is 27.8 Å². The predicted octanol–water partition coefficient (Wildman–Crippen LogP) is 1.46. The van der Waals surface area contributed by atoms with Gasteiger partial charge in [-0.15, -0.1) is 0 Å². The molecule has 13 nitrogen and oxygen atoms in total. The summed E-state index contributed by atoms with van der Waals surface area (Å²) in [5.41, 5.74) is 2.19. The van der Waals surface area contributed by atoms with E-state index in [0.717, 1.165) is 5.56 Å². The largest absolute Gasteiger partial charge is 0.489 e. The normalized spacial score (nSPS) is 17.7. The van der Waals surface area contributed by atoms with Gasteiger partial charge in [-0.25, -0.2) is 13.2 Å². The third kappa shape index (κ3) is 12.9. The van der Waals surface area contributed by atoms with E-state index in [-0.39, 0.29) is 39.0 Å². The number of nitrogens with zero attached hydrogens (tertiary/aromatic N) is 2. The lowest BCUT2D eigenvalue weighted by Crippen LogP contribution is -2.57. The predicted molar refractivity (Wildman–Crippen MR) is 211 cm³/mol. The van der Waals surface area contributed by atoms with Gasteiger partial charge in [-0.1, -0.05) is 72.2 Å². The van der Waals surface area contributed by atoms with Crippen molar-refractivity contribution in [1.29, 1.82) is 0 Å². The van der Waals surface area contributed by atoms with Gasteiger partial charge >= 0.3 is 13.5 Å². The highest BCUT2D eigenvalue weighted by atomic mass is 32.2. The average molecular weight is 777 g/mol. The number of benzene rings is 3. The van der Waals surface area contributed by atoms with Crippen LogP contribution in [0.3, 0.4) is 0 Å². The van der Waals surface area contributed by atoms with Gasteiger partial charge in [0.1, 0.15) is 36.1 Å². The van der Waals surface area contributed by atoms with Gasteiger partial charge in [0.25, 0.3) is 0 Å². The Hall–Kier alpha value is -4.28. The van der Waals surface area contributed by atoms with E-state index in [4.69, 9.17) is 14.2 Å². The lowest BCUT2D eigenvalue weighted by Gasteiger charge is -2.31. The molecule has 2 fully saturated rings.